The van der Waals surface area contributed by atoms with E-state index in [0.717, 1.165) is 0 Å². The van der Waals surface area contributed by atoms with Gasteiger partial charge in [0.25, 0.3) is 0 Å². The zero-order valence-electron chi connectivity index (χ0n) is 12.0. The van der Waals surface area contributed by atoms with E-state index in [4.69, 9.17) is 0 Å². The van der Waals surface area contributed by atoms with Gasteiger partial charge in [-0.3, -0.25) is 24.6 Å². The Bertz CT molecular complexity index is 584. The maximum Gasteiger partial charge on any atom is 0.233 e. The summed E-state index contributed by atoms with van der Waals surface area (Å²) in [6.45, 7) is 0.286. The van der Waals surface area contributed by atoms with E-state index in [2.05, 4.69) is 20.5 Å². The molecular formula is C14H17N5O3. The molecule has 116 valence electrons. The van der Waals surface area contributed by atoms with Crippen LogP contribution in [0.5, 0.6) is 0 Å². The van der Waals surface area contributed by atoms with Crippen molar-refractivity contribution in [3.8, 4) is 0 Å². The van der Waals surface area contributed by atoms with Crippen molar-refractivity contribution in [2.75, 3.05) is 11.9 Å². The number of rotatable bonds is 5. The molecule has 0 bridgehead atoms. The number of hydrogen-bond donors (Lipinski definition) is 2. The molecule has 8 heteroatoms. The van der Waals surface area contributed by atoms with Crippen LogP contribution in [0.25, 0.3) is 0 Å². The number of carbonyl (C=O) groups excluding carboxylic acids is 3. The van der Waals surface area contributed by atoms with Gasteiger partial charge in [-0.25, -0.2) is 5.10 Å². The molecule has 1 aliphatic carbocycles. The number of aromatic amines is 1. The van der Waals surface area contributed by atoms with Crippen LogP contribution in [0.1, 0.15) is 25.7 Å². The molecule has 3 amide bonds. The van der Waals surface area contributed by atoms with Gasteiger partial charge in [0.2, 0.25) is 23.7 Å². The monoisotopic (exact) mass is 303 g/mol. The number of fused-ring (bicyclic) bond motifs is 1. The molecule has 2 atom stereocenters. The van der Waals surface area contributed by atoms with E-state index < -0.39 is 0 Å². The third-order valence-corrected chi connectivity index (χ3v) is 4.06. The van der Waals surface area contributed by atoms with Crippen molar-refractivity contribution in [3.05, 3.63) is 18.5 Å². The molecular weight excluding hydrogens is 286 g/mol. The molecule has 0 aromatic carbocycles. The van der Waals surface area contributed by atoms with E-state index in [1.54, 1.807) is 0 Å². The van der Waals surface area contributed by atoms with Crippen LogP contribution in [-0.4, -0.2) is 44.3 Å². The quantitative estimate of drug-likeness (QED) is 0.607. The topological polar surface area (TPSA) is 108 Å². The van der Waals surface area contributed by atoms with Gasteiger partial charge in [0.15, 0.2) is 0 Å². The van der Waals surface area contributed by atoms with E-state index in [-0.39, 0.29) is 48.5 Å². The number of hydrogen-bond acceptors (Lipinski definition) is 5. The van der Waals surface area contributed by atoms with Crippen molar-refractivity contribution >= 4 is 23.7 Å². The first kappa shape index (κ1) is 14.4. The van der Waals surface area contributed by atoms with Gasteiger partial charge in [0.1, 0.15) is 6.33 Å². The van der Waals surface area contributed by atoms with Crippen LogP contribution in [0, 0.1) is 11.8 Å². The van der Waals surface area contributed by atoms with E-state index >= 15 is 0 Å². The van der Waals surface area contributed by atoms with Crippen LogP contribution in [-0.2, 0) is 14.4 Å². The number of nitrogens with zero attached hydrogens (tertiary/aromatic N) is 3. The summed E-state index contributed by atoms with van der Waals surface area (Å²) in [5.74, 6) is -0.559. The molecule has 3 rings (SSSR count). The molecule has 0 radical (unpaired) electrons. The van der Waals surface area contributed by atoms with Crippen molar-refractivity contribution in [3.63, 3.8) is 0 Å². The molecule has 1 aliphatic heterocycles. The Labute approximate surface area is 127 Å². The van der Waals surface area contributed by atoms with Gasteiger partial charge in [-0.15, -0.1) is 0 Å². The molecule has 2 N–H and O–H groups in total. The van der Waals surface area contributed by atoms with Crippen LogP contribution >= 0.6 is 0 Å². The summed E-state index contributed by atoms with van der Waals surface area (Å²) in [6.07, 6.45) is 7.14. The minimum absolute atomic E-state index is 0.102. The standard InChI is InChI=1S/C14H17N5O3/c20-11(17-14-15-8-16-18-14)6-3-7-19-12(21)9-4-1-2-5-10(9)13(19)22/h1-2,8-10H,3-7H2,(H2,15,16,17,18,20)/t9-,10+. The van der Waals surface area contributed by atoms with E-state index in [1.165, 1.54) is 11.2 Å². The smallest absolute Gasteiger partial charge is 0.233 e. The number of aromatic nitrogens is 3. The Morgan fingerprint density at radius 3 is 2.55 bits per heavy atom. The maximum atomic E-state index is 12.2. The van der Waals surface area contributed by atoms with E-state index in [1.807, 2.05) is 12.2 Å². The Balaban J connectivity index is 1.48. The molecule has 2 aliphatic rings. The molecule has 0 spiro atoms. The van der Waals surface area contributed by atoms with Crippen molar-refractivity contribution in [2.45, 2.75) is 25.7 Å². The Morgan fingerprint density at radius 2 is 1.95 bits per heavy atom. The van der Waals surface area contributed by atoms with Crippen LogP contribution in [0.15, 0.2) is 18.5 Å². The highest BCUT2D eigenvalue weighted by atomic mass is 16.2. The highest BCUT2D eigenvalue weighted by Crippen LogP contribution is 2.35. The summed E-state index contributed by atoms with van der Waals surface area (Å²) >= 11 is 0. The van der Waals surface area contributed by atoms with Gasteiger partial charge >= 0.3 is 0 Å². The Kier molecular flexibility index (Phi) is 3.99. The fourth-order valence-corrected chi connectivity index (χ4v) is 2.95. The minimum atomic E-state index is -0.227. The summed E-state index contributed by atoms with van der Waals surface area (Å²) in [6, 6.07) is 0. The Morgan fingerprint density at radius 1 is 1.27 bits per heavy atom. The van der Waals surface area contributed by atoms with Crippen molar-refractivity contribution in [1.82, 2.24) is 20.1 Å². The number of anilines is 1. The lowest BCUT2D eigenvalue weighted by atomic mass is 9.85. The van der Waals surface area contributed by atoms with Gasteiger partial charge in [-0.1, -0.05) is 12.2 Å². The molecule has 1 saturated heterocycles. The van der Waals surface area contributed by atoms with Gasteiger partial charge in [0.05, 0.1) is 11.8 Å². The van der Waals surface area contributed by atoms with Gasteiger partial charge in [-0.05, 0) is 19.3 Å². The minimum Gasteiger partial charge on any atom is -0.295 e. The first-order chi connectivity index (χ1) is 10.7. The fourth-order valence-electron chi connectivity index (χ4n) is 2.95. The lowest BCUT2D eigenvalue weighted by Crippen LogP contribution is -2.32. The second-order valence-electron chi connectivity index (χ2n) is 5.47. The highest BCUT2D eigenvalue weighted by Gasteiger charge is 2.46. The van der Waals surface area contributed by atoms with Crippen LogP contribution in [0.2, 0.25) is 0 Å². The van der Waals surface area contributed by atoms with Crippen LogP contribution in [0.4, 0.5) is 5.95 Å². The third kappa shape index (κ3) is 2.76. The van der Waals surface area contributed by atoms with Crippen LogP contribution < -0.4 is 5.32 Å². The number of H-pyrrole nitrogens is 1. The average molecular weight is 303 g/mol. The molecule has 1 fully saturated rings. The molecule has 1 aromatic rings. The summed E-state index contributed by atoms with van der Waals surface area (Å²) in [4.78, 5) is 41.3. The number of carbonyl (C=O) groups is 3. The zero-order chi connectivity index (χ0) is 15.5. The number of imide groups is 1. The average Bonchev–Trinajstić information content (AvgIpc) is 3.10. The second kappa shape index (κ2) is 6.08. The maximum absolute atomic E-state index is 12.2. The number of nitrogens with one attached hydrogen (secondary N) is 2. The summed E-state index contributed by atoms with van der Waals surface area (Å²) < 4.78 is 0. The summed E-state index contributed by atoms with van der Waals surface area (Å²) in [5.41, 5.74) is 0. The van der Waals surface area contributed by atoms with E-state index in [9.17, 15) is 14.4 Å². The number of amides is 3. The molecule has 1 aromatic heterocycles. The van der Waals surface area contributed by atoms with Crippen molar-refractivity contribution < 1.29 is 14.4 Å². The molecule has 8 nitrogen and oxygen atoms in total. The number of likely N-dealkylation sites (tertiary alicyclic amines) is 1. The van der Waals surface area contributed by atoms with Gasteiger partial charge in [-0.2, -0.15) is 10.1 Å². The largest absolute Gasteiger partial charge is 0.295 e. The first-order valence-corrected chi connectivity index (χ1v) is 7.32. The lowest BCUT2D eigenvalue weighted by Gasteiger charge is -2.14. The normalized spacial score (nSPS) is 23.7. The van der Waals surface area contributed by atoms with Crippen molar-refractivity contribution in [2.24, 2.45) is 11.8 Å². The highest BCUT2D eigenvalue weighted by molar-refractivity contribution is 6.05. The summed E-state index contributed by atoms with van der Waals surface area (Å²) in [7, 11) is 0. The molecule has 0 unspecified atom stereocenters. The first-order valence-electron chi connectivity index (χ1n) is 7.32. The zero-order valence-corrected chi connectivity index (χ0v) is 12.0. The SMILES string of the molecule is O=C(CCCN1C(=O)[C@H]2CC=CC[C@H]2C1=O)Nc1ncn[nH]1. The Hall–Kier alpha value is -2.51. The second-order valence-corrected chi connectivity index (χ2v) is 5.47. The predicted molar refractivity (Wildman–Crippen MR) is 76.3 cm³/mol. The van der Waals surface area contributed by atoms with Crippen molar-refractivity contribution in [1.29, 1.82) is 0 Å². The van der Waals surface area contributed by atoms with Gasteiger partial charge < -0.3 is 0 Å². The summed E-state index contributed by atoms with van der Waals surface area (Å²) in [5, 5.41) is 8.71. The molecule has 0 saturated carbocycles. The third-order valence-electron chi connectivity index (χ3n) is 4.06. The molecule has 22 heavy (non-hydrogen) atoms. The lowest BCUT2D eigenvalue weighted by molar-refractivity contribution is -0.140. The van der Waals surface area contributed by atoms with Crippen LogP contribution in [0.3, 0.4) is 0 Å². The number of allylic oxidation sites excluding steroid dienone is 2. The molecule has 2 heterocycles. The fraction of sp³-hybridized carbons (Fsp3) is 0.500. The predicted octanol–water partition coefficient (Wildman–Crippen LogP) is 0.475. The van der Waals surface area contributed by atoms with Gasteiger partial charge in [0, 0.05) is 13.0 Å². The van der Waals surface area contributed by atoms with E-state index in [0.29, 0.717) is 19.3 Å².